The molecule has 5 rings (SSSR count). The average Bonchev–Trinajstić information content (AvgIpc) is 2.96. The first kappa shape index (κ1) is 19.6. The fourth-order valence-electron chi connectivity index (χ4n) is 5.09. The van der Waals surface area contributed by atoms with Crippen LogP contribution in [0.4, 0.5) is 0 Å². The van der Waals surface area contributed by atoms with Gasteiger partial charge in [0.05, 0.1) is 0 Å². The maximum absolute atomic E-state index is 6.04. The average molecular weight is 414 g/mol. The summed E-state index contributed by atoms with van der Waals surface area (Å²) in [7, 11) is 0. The lowest BCUT2D eigenvalue weighted by Crippen LogP contribution is -2.31. The van der Waals surface area contributed by atoms with E-state index in [0.717, 1.165) is 30.8 Å². The van der Waals surface area contributed by atoms with Gasteiger partial charge in [0.25, 0.3) is 0 Å². The van der Waals surface area contributed by atoms with Gasteiger partial charge in [-0.25, -0.2) is 0 Å². The van der Waals surface area contributed by atoms with Crippen LogP contribution in [-0.2, 0) is 19.4 Å². The fourth-order valence-corrected chi connectivity index (χ4v) is 5.21. The summed E-state index contributed by atoms with van der Waals surface area (Å²) in [4.78, 5) is 0. The summed E-state index contributed by atoms with van der Waals surface area (Å²) in [5.41, 5.74) is 10.3. The zero-order chi connectivity index (χ0) is 20.3. The highest BCUT2D eigenvalue weighted by Gasteiger charge is 2.25. The second-order valence-corrected chi connectivity index (χ2v) is 9.03. The predicted octanol–water partition coefficient (Wildman–Crippen LogP) is 6.97. The van der Waals surface area contributed by atoms with E-state index < -0.39 is 0 Å². The summed E-state index contributed by atoms with van der Waals surface area (Å²) in [6, 6.07) is 26.8. The van der Waals surface area contributed by atoms with E-state index in [-0.39, 0.29) is 0 Å². The smallest absolute Gasteiger partial charge is 0.0406 e. The van der Waals surface area contributed by atoms with Crippen LogP contribution in [-0.4, -0.2) is 6.04 Å². The number of halogens is 1. The van der Waals surface area contributed by atoms with Crippen LogP contribution < -0.4 is 5.32 Å². The van der Waals surface area contributed by atoms with Gasteiger partial charge in [-0.3, -0.25) is 0 Å². The molecule has 2 aliphatic carbocycles. The van der Waals surface area contributed by atoms with Crippen molar-refractivity contribution in [3.8, 4) is 0 Å². The van der Waals surface area contributed by atoms with Crippen molar-refractivity contribution in [2.24, 2.45) is 0 Å². The van der Waals surface area contributed by atoms with Crippen molar-refractivity contribution in [1.82, 2.24) is 5.32 Å². The summed E-state index contributed by atoms with van der Waals surface area (Å²) in [6.45, 7) is 0.900. The van der Waals surface area contributed by atoms with Crippen molar-refractivity contribution in [3.63, 3.8) is 0 Å². The molecule has 30 heavy (non-hydrogen) atoms. The Labute approximate surface area is 184 Å². The van der Waals surface area contributed by atoms with E-state index >= 15 is 0 Å². The third-order valence-corrected chi connectivity index (χ3v) is 6.87. The van der Waals surface area contributed by atoms with E-state index in [9.17, 15) is 0 Å². The van der Waals surface area contributed by atoms with Crippen LogP contribution in [0, 0.1) is 0 Å². The lowest BCUT2D eigenvalue weighted by molar-refractivity contribution is 0.425. The lowest BCUT2D eigenvalue weighted by atomic mass is 9.81. The molecule has 0 saturated heterocycles. The fraction of sp³-hybridized carbons (Fsp3) is 0.286. The molecule has 0 radical (unpaired) electrons. The molecule has 3 aromatic carbocycles. The SMILES string of the molecule is Clc1ccc(CNC2CCCC(=C3c4ccccc4CCc4ccccc43)C2)cc1. The van der Waals surface area contributed by atoms with Gasteiger partial charge in [0.15, 0.2) is 0 Å². The van der Waals surface area contributed by atoms with Crippen LogP contribution in [0.25, 0.3) is 5.57 Å². The molecule has 0 heterocycles. The molecular formula is C28H28ClN. The van der Waals surface area contributed by atoms with Crippen molar-refractivity contribution in [2.45, 2.75) is 51.1 Å². The molecule has 1 N–H and O–H groups in total. The Hall–Kier alpha value is -2.35. The quantitative estimate of drug-likeness (QED) is 0.488. The van der Waals surface area contributed by atoms with Crippen LogP contribution in [0.5, 0.6) is 0 Å². The standard InChI is InChI=1S/C28H28ClN/c29-24-16-12-20(13-17-24)19-30-25-9-5-8-23(18-25)28-26-10-3-1-6-21(26)14-15-22-7-2-4-11-27(22)28/h1-4,6-7,10-13,16-17,25,30H,5,8-9,14-15,18-19H2. The highest BCUT2D eigenvalue weighted by molar-refractivity contribution is 6.30. The van der Waals surface area contributed by atoms with Gasteiger partial charge < -0.3 is 5.32 Å². The van der Waals surface area contributed by atoms with Crippen LogP contribution in [0.2, 0.25) is 5.02 Å². The van der Waals surface area contributed by atoms with Gasteiger partial charge in [-0.2, -0.15) is 0 Å². The molecule has 2 aliphatic rings. The summed E-state index contributed by atoms with van der Waals surface area (Å²) in [5.74, 6) is 0. The third-order valence-electron chi connectivity index (χ3n) is 6.62. The van der Waals surface area contributed by atoms with E-state index in [1.165, 1.54) is 52.7 Å². The zero-order valence-corrected chi connectivity index (χ0v) is 18.1. The van der Waals surface area contributed by atoms with Crippen molar-refractivity contribution in [2.75, 3.05) is 0 Å². The maximum Gasteiger partial charge on any atom is 0.0406 e. The second kappa shape index (κ2) is 8.79. The van der Waals surface area contributed by atoms with Gasteiger partial charge in [0, 0.05) is 17.6 Å². The Balaban J connectivity index is 1.46. The summed E-state index contributed by atoms with van der Waals surface area (Å²) < 4.78 is 0. The molecule has 152 valence electrons. The minimum absolute atomic E-state index is 0.527. The number of hydrogen-bond acceptors (Lipinski definition) is 1. The zero-order valence-electron chi connectivity index (χ0n) is 17.3. The Bertz CT molecular complexity index is 1010. The van der Waals surface area contributed by atoms with Crippen molar-refractivity contribution in [3.05, 3.63) is 111 Å². The highest BCUT2D eigenvalue weighted by atomic mass is 35.5. The molecule has 0 amide bonds. The van der Waals surface area contributed by atoms with Crippen LogP contribution >= 0.6 is 11.6 Å². The van der Waals surface area contributed by atoms with Crippen molar-refractivity contribution < 1.29 is 0 Å². The minimum atomic E-state index is 0.527. The van der Waals surface area contributed by atoms with Crippen molar-refractivity contribution in [1.29, 1.82) is 0 Å². The summed E-state index contributed by atoms with van der Waals surface area (Å²) >= 11 is 6.04. The molecule has 2 heteroatoms. The van der Waals surface area contributed by atoms with Crippen LogP contribution in [0.15, 0.2) is 78.4 Å². The van der Waals surface area contributed by atoms with E-state index in [0.29, 0.717) is 6.04 Å². The molecule has 0 bridgehead atoms. The molecule has 3 aromatic rings. The highest BCUT2D eigenvalue weighted by Crippen LogP contribution is 2.40. The molecule has 1 atom stereocenters. The van der Waals surface area contributed by atoms with Crippen molar-refractivity contribution >= 4 is 17.2 Å². The van der Waals surface area contributed by atoms with Gasteiger partial charge in [0.1, 0.15) is 0 Å². The van der Waals surface area contributed by atoms with Gasteiger partial charge in [0.2, 0.25) is 0 Å². The first-order valence-corrected chi connectivity index (χ1v) is 11.5. The largest absolute Gasteiger partial charge is 0.310 e. The van der Waals surface area contributed by atoms with Gasteiger partial charge in [-0.1, -0.05) is 77.8 Å². The first-order chi connectivity index (χ1) is 14.8. The van der Waals surface area contributed by atoms with E-state index in [4.69, 9.17) is 11.6 Å². The molecule has 1 saturated carbocycles. The van der Waals surface area contributed by atoms with Gasteiger partial charge >= 0.3 is 0 Å². The second-order valence-electron chi connectivity index (χ2n) is 8.59. The van der Waals surface area contributed by atoms with Gasteiger partial charge in [-0.05, 0) is 84.0 Å². The molecule has 1 nitrogen and oxygen atoms in total. The Morgan fingerprint density at radius 3 is 2.07 bits per heavy atom. The lowest BCUT2D eigenvalue weighted by Gasteiger charge is -2.28. The molecule has 1 fully saturated rings. The van der Waals surface area contributed by atoms with E-state index in [1.807, 2.05) is 12.1 Å². The normalized spacial score (nSPS) is 18.5. The number of hydrogen-bond donors (Lipinski definition) is 1. The Morgan fingerprint density at radius 2 is 1.40 bits per heavy atom. The number of fused-ring (bicyclic) bond motifs is 2. The first-order valence-electron chi connectivity index (χ1n) is 11.1. The molecule has 0 aromatic heterocycles. The summed E-state index contributed by atoms with van der Waals surface area (Å²) in [6.07, 6.45) is 7.09. The molecule has 1 unspecified atom stereocenters. The number of aryl methyl sites for hydroxylation is 2. The number of rotatable bonds is 3. The molecule has 0 aliphatic heterocycles. The van der Waals surface area contributed by atoms with E-state index in [2.05, 4.69) is 66.0 Å². The minimum Gasteiger partial charge on any atom is -0.310 e. The molecular weight excluding hydrogens is 386 g/mol. The Morgan fingerprint density at radius 1 is 0.767 bits per heavy atom. The van der Waals surface area contributed by atoms with Crippen LogP contribution in [0.1, 0.15) is 53.5 Å². The number of benzene rings is 3. The monoisotopic (exact) mass is 413 g/mol. The van der Waals surface area contributed by atoms with Crippen LogP contribution in [0.3, 0.4) is 0 Å². The van der Waals surface area contributed by atoms with Gasteiger partial charge in [-0.15, -0.1) is 0 Å². The summed E-state index contributed by atoms with van der Waals surface area (Å²) in [5, 5.41) is 4.61. The third kappa shape index (κ3) is 4.10. The molecule has 0 spiro atoms. The maximum atomic E-state index is 6.04. The predicted molar refractivity (Wildman–Crippen MR) is 127 cm³/mol. The number of nitrogens with one attached hydrogen (secondary N) is 1. The topological polar surface area (TPSA) is 12.0 Å². The Kier molecular flexibility index (Phi) is 5.75. The van der Waals surface area contributed by atoms with E-state index in [1.54, 1.807) is 5.57 Å².